The van der Waals surface area contributed by atoms with E-state index < -0.39 is 0 Å². The van der Waals surface area contributed by atoms with Crippen molar-refractivity contribution in [2.45, 2.75) is 38.3 Å². The lowest BCUT2D eigenvalue weighted by atomic mass is 10.0. The Balaban J connectivity index is 1.30. The zero-order valence-electron chi connectivity index (χ0n) is 19.5. The van der Waals surface area contributed by atoms with Gasteiger partial charge in [0, 0.05) is 24.2 Å². The van der Waals surface area contributed by atoms with E-state index in [1.807, 2.05) is 65.0 Å². The summed E-state index contributed by atoms with van der Waals surface area (Å²) in [5.74, 6) is 1.17. The summed E-state index contributed by atoms with van der Waals surface area (Å²) in [4.78, 5) is 31.1. The molecule has 2 fully saturated rings. The van der Waals surface area contributed by atoms with Crippen LogP contribution in [0.1, 0.15) is 57.4 Å². The Morgan fingerprint density at radius 2 is 1.85 bits per heavy atom. The normalized spacial score (nSPS) is 21.8. The van der Waals surface area contributed by atoms with Crippen LogP contribution in [0.15, 0.2) is 54.6 Å². The first kappa shape index (κ1) is 21.0. The van der Waals surface area contributed by atoms with Crippen molar-refractivity contribution in [1.82, 2.24) is 19.6 Å². The van der Waals surface area contributed by atoms with E-state index >= 15 is 0 Å². The zero-order chi connectivity index (χ0) is 23.4. The van der Waals surface area contributed by atoms with Crippen LogP contribution >= 0.6 is 0 Å². The van der Waals surface area contributed by atoms with E-state index in [4.69, 9.17) is 9.84 Å². The lowest BCUT2D eigenvalue weighted by Gasteiger charge is -2.31. The molecular formula is C27H28N4O3. The lowest BCUT2D eigenvalue weighted by molar-refractivity contribution is 0.0579. The molecule has 1 aromatic heterocycles. The number of carbonyl (C=O) groups is 2. The summed E-state index contributed by atoms with van der Waals surface area (Å²) in [6.45, 7) is 3.20. The minimum absolute atomic E-state index is 0.00341. The number of amides is 2. The number of nitrogens with zero attached hydrogens (tertiary/aromatic N) is 4. The average molecular weight is 457 g/mol. The van der Waals surface area contributed by atoms with E-state index in [1.165, 1.54) is 0 Å². The topological polar surface area (TPSA) is 67.7 Å². The van der Waals surface area contributed by atoms with E-state index in [1.54, 1.807) is 13.2 Å². The van der Waals surface area contributed by atoms with Crippen LogP contribution in [0.4, 0.5) is 0 Å². The number of methoxy groups -OCH3 is 1. The van der Waals surface area contributed by atoms with Crippen LogP contribution in [-0.4, -0.2) is 57.6 Å². The molecule has 6 rings (SSSR count). The summed E-state index contributed by atoms with van der Waals surface area (Å²) < 4.78 is 7.10. The number of hydrogen-bond acceptors (Lipinski definition) is 4. The number of hydrogen-bond donors (Lipinski definition) is 0. The van der Waals surface area contributed by atoms with Crippen LogP contribution < -0.4 is 4.74 Å². The standard InChI is InChI=1S/C27H28N4O3/c1-17-23-24(18-11-12-18)30(27(33)25(23)31(28-17)20-8-4-3-5-9-20)21-13-14-29(16-21)26(32)19-7-6-10-22(15-19)34-2/h3-10,15,18,21,24H,11-14,16H2,1-2H3. The van der Waals surface area contributed by atoms with E-state index in [9.17, 15) is 9.59 Å². The van der Waals surface area contributed by atoms with Crippen LogP contribution in [0.5, 0.6) is 5.75 Å². The largest absolute Gasteiger partial charge is 0.497 e. The van der Waals surface area contributed by atoms with Crippen molar-refractivity contribution in [2.24, 2.45) is 5.92 Å². The van der Waals surface area contributed by atoms with Gasteiger partial charge in [0.05, 0.1) is 30.6 Å². The average Bonchev–Trinajstić information content (AvgIpc) is 3.37. The Labute approximate surface area is 198 Å². The van der Waals surface area contributed by atoms with Gasteiger partial charge < -0.3 is 14.5 Å². The Morgan fingerprint density at radius 1 is 1.06 bits per heavy atom. The van der Waals surface area contributed by atoms with Crippen LogP contribution in [0.2, 0.25) is 0 Å². The number of fused-ring (bicyclic) bond motifs is 1. The molecule has 1 aliphatic carbocycles. The van der Waals surface area contributed by atoms with Crippen molar-refractivity contribution in [1.29, 1.82) is 0 Å². The Kier molecular flexibility index (Phi) is 4.94. The highest BCUT2D eigenvalue weighted by atomic mass is 16.5. The zero-order valence-corrected chi connectivity index (χ0v) is 19.5. The number of aryl methyl sites for hydroxylation is 1. The minimum Gasteiger partial charge on any atom is -0.497 e. The predicted molar refractivity (Wildman–Crippen MR) is 127 cm³/mol. The summed E-state index contributed by atoms with van der Waals surface area (Å²) in [5, 5.41) is 4.77. The van der Waals surface area contributed by atoms with Gasteiger partial charge in [-0.2, -0.15) is 5.10 Å². The number of para-hydroxylation sites is 1. The number of ether oxygens (including phenoxy) is 1. The second-order valence-corrected chi connectivity index (χ2v) is 9.52. The summed E-state index contributed by atoms with van der Waals surface area (Å²) in [6.07, 6.45) is 3.04. The third kappa shape index (κ3) is 3.30. The van der Waals surface area contributed by atoms with Gasteiger partial charge >= 0.3 is 0 Å². The molecule has 0 spiro atoms. The van der Waals surface area contributed by atoms with E-state index in [-0.39, 0.29) is 23.9 Å². The van der Waals surface area contributed by atoms with Crippen molar-refractivity contribution in [2.75, 3.05) is 20.2 Å². The fourth-order valence-electron chi connectivity index (χ4n) is 5.60. The van der Waals surface area contributed by atoms with Crippen molar-refractivity contribution in [3.8, 4) is 11.4 Å². The molecule has 1 saturated carbocycles. The number of aromatic nitrogens is 2. The summed E-state index contributed by atoms with van der Waals surface area (Å²) in [7, 11) is 1.60. The highest BCUT2D eigenvalue weighted by molar-refractivity contribution is 5.99. The summed E-state index contributed by atoms with van der Waals surface area (Å²) in [5.41, 5.74) is 4.21. The molecule has 174 valence electrons. The first-order valence-electron chi connectivity index (χ1n) is 12.0. The lowest BCUT2D eigenvalue weighted by Crippen LogP contribution is -2.42. The quantitative estimate of drug-likeness (QED) is 0.582. The molecular weight excluding hydrogens is 428 g/mol. The van der Waals surface area contributed by atoms with Crippen LogP contribution in [0.3, 0.4) is 0 Å². The molecule has 7 heteroatoms. The second-order valence-electron chi connectivity index (χ2n) is 9.52. The van der Waals surface area contributed by atoms with Gasteiger partial charge in [0.25, 0.3) is 11.8 Å². The maximum Gasteiger partial charge on any atom is 0.273 e. The van der Waals surface area contributed by atoms with Gasteiger partial charge in [-0.3, -0.25) is 9.59 Å². The maximum absolute atomic E-state index is 13.9. The molecule has 34 heavy (non-hydrogen) atoms. The monoisotopic (exact) mass is 456 g/mol. The molecule has 2 unspecified atom stereocenters. The summed E-state index contributed by atoms with van der Waals surface area (Å²) in [6, 6.07) is 17.2. The van der Waals surface area contributed by atoms with E-state index in [0.717, 1.165) is 36.2 Å². The van der Waals surface area contributed by atoms with Gasteiger partial charge in [-0.1, -0.05) is 24.3 Å². The minimum atomic E-state index is -0.0137. The molecule has 2 aromatic carbocycles. The van der Waals surface area contributed by atoms with Gasteiger partial charge in [-0.25, -0.2) is 4.68 Å². The number of carbonyl (C=O) groups excluding carboxylic acids is 2. The Bertz CT molecular complexity index is 1260. The molecule has 2 atom stereocenters. The molecule has 2 amide bonds. The molecule has 7 nitrogen and oxygen atoms in total. The van der Waals surface area contributed by atoms with Crippen LogP contribution in [0, 0.1) is 12.8 Å². The van der Waals surface area contributed by atoms with E-state index in [0.29, 0.717) is 36.0 Å². The first-order valence-corrected chi connectivity index (χ1v) is 12.0. The summed E-state index contributed by atoms with van der Waals surface area (Å²) >= 11 is 0. The SMILES string of the molecule is COc1cccc(C(=O)N2CCC(N3C(=O)c4c(c(C)nn4-c4ccccc4)C3C3CC3)C2)c1. The predicted octanol–water partition coefficient (Wildman–Crippen LogP) is 4.01. The third-order valence-electron chi connectivity index (χ3n) is 7.37. The van der Waals surface area contributed by atoms with Crippen LogP contribution in [0.25, 0.3) is 5.69 Å². The maximum atomic E-state index is 13.9. The molecule has 3 aromatic rings. The number of benzene rings is 2. The first-order chi connectivity index (χ1) is 16.6. The van der Waals surface area contributed by atoms with Gasteiger partial charge in [0.2, 0.25) is 0 Å². The van der Waals surface area contributed by atoms with Crippen LogP contribution in [-0.2, 0) is 0 Å². The van der Waals surface area contributed by atoms with Gasteiger partial charge in [0.1, 0.15) is 11.4 Å². The van der Waals surface area contributed by atoms with Gasteiger partial charge in [-0.15, -0.1) is 0 Å². The van der Waals surface area contributed by atoms with Gasteiger partial charge in [0.15, 0.2) is 0 Å². The molecule has 0 radical (unpaired) electrons. The van der Waals surface area contributed by atoms with Crippen molar-refractivity contribution < 1.29 is 14.3 Å². The molecule has 1 saturated heterocycles. The molecule has 0 N–H and O–H groups in total. The molecule has 3 aliphatic rings. The van der Waals surface area contributed by atoms with Crippen molar-refractivity contribution >= 4 is 11.8 Å². The Morgan fingerprint density at radius 3 is 2.59 bits per heavy atom. The third-order valence-corrected chi connectivity index (χ3v) is 7.37. The molecule has 3 heterocycles. The fraction of sp³-hybridized carbons (Fsp3) is 0.370. The highest BCUT2D eigenvalue weighted by Gasteiger charge is 2.52. The van der Waals surface area contributed by atoms with Crippen molar-refractivity contribution in [3.05, 3.63) is 77.1 Å². The number of rotatable bonds is 5. The second kappa shape index (κ2) is 8.01. The van der Waals surface area contributed by atoms with Gasteiger partial charge in [-0.05, 0) is 62.4 Å². The fourth-order valence-corrected chi connectivity index (χ4v) is 5.60. The van der Waals surface area contributed by atoms with Crippen molar-refractivity contribution in [3.63, 3.8) is 0 Å². The highest BCUT2D eigenvalue weighted by Crippen LogP contribution is 2.52. The molecule has 2 aliphatic heterocycles. The van der Waals surface area contributed by atoms with E-state index in [2.05, 4.69) is 4.90 Å². The smallest absolute Gasteiger partial charge is 0.273 e. The Hall–Kier alpha value is -3.61. The molecule has 0 bridgehead atoms. The number of likely N-dealkylation sites (tertiary alicyclic amines) is 1.